The average Bonchev–Trinajstić information content (AvgIpc) is 3.39. The van der Waals surface area contributed by atoms with Gasteiger partial charge in [0.15, 0.2) is 0 Å². The standard InChI is InChI=1S/C27H20ClN3O2S/c1-17-29-24-13-12-22(30-26(32)25-3-2-14-34-25)15-23(24)27(33)31(17)16-18-4-6-19(7-5-18)20-8-10-21(28)11-9-20/h2-15H,16H2,1H3,(H,30,32). The second-order valence-electron chi connectivity index (χ2n) is 7.92. The van der Waals surface area contributed by atoms with Crippen LogP contribution in [-0.2, 0) is 6.54 Å². The molecule has 1 N–H and O–H groups in total. The van der Waals surface area contributed by atoms with Gasteiger partial charge in [-0.15, -0.1) is 11.3 Å². The summed E-state index contributed by atoms with van der Waals surface area (Å²) in [6.45, 7) is 2.23. The second-order valence-corrected chi connectivity index (χ2v) is 9.30. The smallest absolute Gasteiger partial charge is 0.265 e. The number of benzene rings is 3. The molecule has 0 bridgehead atoms. The van der Waals surface area contributed by atoms with Gasteiger partial charge in [0.1, 0.15) is 5.82 Å². The van der Waals surface area contributed by atoms with Crippen LogP contribution in [0.2, 0.25) is 5.02 Å². The number of nitrogens with one attached hydrogen (secondary N) is 1. The van der Waals surface area contributed by atoms with Gasteiger partial charge in [-0.3, -0.25) is 14.2 Å². The van der Waals surface area contributed by atoms with Crippen LogP contribution in [0.4, 0.5) is 5.69 Å². The van der Waals surface area contributed by atoms with E-state index in [0.29, 0.717) is 38.9 Å². The van der Waals surface area contributed by atoms with Crippen LogP contribution in [0.15, 0.2) is 89.0 Å². The van der Waals surface area contributed by atoms with Crippen molar-refractivity contribution in [2.75, 3.05) is 5.32 Å². The van der Waals surface area contributed by atoms with Gasteiger partial charge in [0.2, 0.25) is 0 Å². The van der Waals surface area contributed by atoms with E-state index in [-0.39, 0.29) is 11.5 Å². The fraction of sp³-hybridized carbons (Fsp3) is 0.0741. The lowest BCUT2D eigenvalue weighted by atomic mass is 10.0. The van der Waals surface area contributed by atoms with Crippen LogP contribution in [0.5, 0.6) is 0 Å². The molecule has 3 aromatic carbocycles. The highest BCUT2D eigenvalue weighted by atomic mass is 35.5. The summed E-state index contributed by atoms with van der Waals surface area (Å²) >= 11 is 7.35. The first-order chi connectivity index (χ1) is 16.5. The third-order valence-corrected chi connectivity index (χ3v) is 6.74. The molecule has 5 nitrogen and oxygen atoms in total. The first kappa shape index (κ1) is 22.1. The number of carbonyl (C=O) groups is 1. The number of hydrogen-bond acceptors (Lipinski definition) is 4. The topological polar surface area (TPSA) is 64.0 Å². The molecule has 2 aromatic heterocycles. The second kappa shape index (κ2) is 9.25. The summed E-state index contributed by atoms with van der Waals surface area (Å²) in [4.78, 5) is 31.0. The predicted octanol–water partition coefficient (Wildman–Crippen LogP) is 6.39. The fourth-order valence-electron chi connectivity index (χ4n) is 3.82. The summed E-state index contributed by atoms with van der Waals surface area (Å²) in [6, 6.07) is 24.6. The predicted molar refractivity (Wildman–Crippen MR) is 139 cm³/mol. The Morgan fingerprint density at radius 2 is 1.71 bits per heavy atom. The zero-order chi connectivity index (χ0) is 23.7. The van der Waals surface area contributed by atoms with Gasteiger partial charge in [0.05, 0.1) is 22.3 Å². The molecule has 7 heteroatoms. The highest BCUT2D eigenvalue weighted by molar-refractivity contribution is 7.12. The molecule has 34 heavy (non-hydrogen) atoms. The van der Waals surface area contributed by atoms with Crippen molar-refractivity contribution in [3.63, 3.8) is 0 Å². The summed E-state index contributed by atoms with van der Waals surface area (Å²) in [5, 5.41) is 5.88. The number of halogens is 1. The van der Waals surface area contributed by atoms with E-state index in [9.17, 15) is 9.59 Å². The SMILES string of the molecule is Cc1nc2ccc(NC(=O)c3cccs3)cc2c(=O)n1Cc1ccc(-c2ccc(Cl)cc2)cc1. The van der Waals surface area contributed by atoms with Gasteiger partial charge in [-0.05, 0) is 65.4 Å². The van der Waals surface area contributed by atoms with Crippen molar-refractivity contribution in [1.82, 2.24) is 9.55 Å². The molecule has 0 saturated heterocycles. The van der Waals surface area contributed by atoms with Gasteiger partial charge in [-0.25, -0.2) is 4.98 Å². The summed E-state index contributed by atoms with van der Waals surface area (Å²) in [5.74, 6) is 0.435. The molecule has 0 unspecified atom stereocenters. The molecular weight excluding hydrogens is 466 g/mol. The monoisotopic (exact) mass is 485 g/mol. The van der Waals surface area contributed by atoms with Gasteiger partial charge in [-0.2, -0.15) is 0 Å². The van der Waals surface area contributed by atoms with E-state index in [1.54, 1.807) is 28.8 Å². The van der Waals surface area contributed by atoms with Crippen LogP contribution >= 0.6 is 22.9 Å². The first-order valence-corrected chi connectivity index (χ1v) is 11.9. The zero-order valence-electron chi connectivity index (χ0n) is 18.3. The number of hydrogen-bond donors (Lipinski definition) is 1. The quantitative estimate of drug-likeness (QED) is 0.314. The lowest BCUT2D eigenvalue weighted by Gasteiger charge is -2.12. The van der Waals surface area contributed by atoms with E-state index in [1.807, 2.05) is 66.9 Å². The molecule has 168 valence electrons. The molecule has 1 amide bonds. The lowest BCUT2D eigenvalue weighted by molar-refractivity contribution is 0.103. The number of aryl methyl sites for hydroxylation is 1. The normalized spacial score (nSPS) is 11.0. The maximum atomic E-state index is 13.3. The first-order valence-electron chi connectivity index (χ1n) is 10.7. The molecule has 0 saturated carbocycles. The van der Waals surface area contributed by atoms with Crippen molar-refractivity contribution in [3.05, 3.63) is 116 Å². The van der Waals surface area contributed by atoms with E-state index in [2.05, 4.69) is 10.3 Å². The number of anilines is 1. The third kappa shape index (κ3) is 4.51. The molecule has 0 aliphatic carbocycles. The average molecular weight is 486 g/mol. The Morgan fingerprint density at radius 3 is 2.38 bits per heavy atom. The van der Waals surface area contributed by atoms with Gasteiger partial charge in [-0.1, -0.05) is 54.1 Å². The molecule has 5 rings (SSSR count). The molecule has 0 fully saturated rings. The van der Waals surface area contributed by atoms with Crippen molar-refractivity contribution < 1.29 is 4.79 Å². The number of carbonyl (C=O) groups excluding carboxylic acids is 1. The van der Waals surface area contributed by atoms with E-state index in [0.717, 1.165) is 16.7 Å². The highest BCUT2D eigenvalue weighted by Gasteiger charge is 2.12. The van der Waals surface area contributed by atoms with Crippen molar-refractivity contribution in [3.8, 4) is 11.1 Å². The van der Waals surface area contributed by atoms with Gasteiger partial charge in [0, 0.05) is 10.7 Å². The number of amides is 1. The zero-order valence-corrected chi connectivity index (χ0v) is 19.9. The molecule has 0 aliphatic heterocycles. The van der Waals surface area contributed by atoms with Gasteiger partial charge < -0.3 is 5.32 Å². The van der Waals surface area contributed by atoms with Crippen molar-refractivity contribution in [2.45, 2.75) is 13.5 Å². The number of fused-ring (bicyclic) bond motifs is 1. The maximum Gasteiger partial charge on any atom is 0.265 e. The summed E-state index contributed by atoms with van der Waals surface area (Å²) in [5.41, 5.74) is 4.17. The summed E-state index contributed by atoms with van der Waals surface area (Å²) in [7, 11) is 0. The Kier molecular flexibility index (Phi) is 6.01. The number of nitrogens with zero attached hydrogens (tertiary/aromatic N) is 2. The van der Waals surface area contributed by atoms with Crippen molar-refractivity contribution in [2.24, 2.45) is 0 Å². The minimum Gasteiger partial charge on any atom is -0.321 e. The molecule has 0 aliphatic rings. The molecule has 5 aromatic rings. The Labute approximate surface area is 205 Å². The highest BCUT2D eigenvalue weighted by Crippen LogP contribution is 2.23. The molecule has 2 heterocycles. The molecule has 0 spiro atoms. The van der Waals surface area contributed by atoms with Crippen LogP contribution in [-0.4, -0.2) is 15.5 Å². The minimum absolute atomic E-state index is 0.142. The van der Waals surface area contributed by atoms with Crippen LogP contribution < -0.4 is 10.9 Å². The largest absolute Gasteiger partial charge is 0.321 e. The van der Waals surface area contributed by atoms with Crippen LogP contribution in [0, 0.1) is 6.92 Å². The van der Waals surface area contributed by atoms with E-state index in [1.165, 1.54) is 11.3 Å². The van der Waals surface area contributed by atoms with Crippen LogP contribution in [0.1, 0.15) is 21.1 Å². The fourth-order valence-corrected chi connectivity index (χ4v) is 4.57. The van der Waals surface area contributed by atoms with Crippen LogP contribution in [0.3, 0.4) is 0 Å². The lowest BCUT2D eigenvalue weighted by Crippen LogP contribution is -2.24. The number of rotatable bonds is 5. The Morgan fingerprint density at radius 1 is 1.00 bits per heavy atom. The molecular formula is C27H20ClN3O2S. The number of aromatic nitrogens is 2. The van der Waals surface area contributed by atoms with Gasteiger partial charge >= 0.3 is 0 Å². The Bertz CT molecular complexity index is 1540. The van der Waals surface area contributed by atoms with E-state index >= 15 is 0 Å². The Balaban J connectivity index is 1.43. The van der Waals surface area contributed by atoms with E-state index in [4.69, 9.17) is 11.6 Å². The summed E-state index contributed by atoms with van der Waals surface area (Å²) in [6.07, 6.45) is 0. The van der Waals surface area contributed by atoms with Crippen molar-refractivity contribution in [1.29, 1.82) is 0 Å². The summed E-state index contributed by atoms with van der Waals surface area (Å²) < 4.78 is 1.66. The van der Waals surface area contributed by atoms with Gasteiger partial charge in [0.25, 0.3) is 11.5 Å². The van der Waals surface area contributed by atoms with Crippen LogP contribution in [0.25, 0.3) is 22.0 Å². The number of thiophene rings is 1. The molecule has 0 radical (unpaired) electrons. The molecule has 0 atom stereocenters. The van der Waals surface area contributed by atoms with E-state index < -0.39 is 0 Å². The Hall–Kier alpha value is -3.74. The maximum absolute atomic E-state index is 13.3. The third-order valence-electron chi connectivity index (χ3n) is 5.62. The minimum atomic E-state index is -0.199. The van der Waals surface area contributed by atoms with Crippen molar-refractivity contribution >= 4 is 45.4 Å².